The van der Waals surface area contributed by atoms with Crippen molar-refractivity contribution in [3.8, 4) is 0 Å². The number of ketones is 1. The summed E-state index contributed by atoms with van der Waals surface area (Å²) >= 11 is 0. The van der Waals surface area contributed by atoms with Gasteiger partial charge in [-0.3, -0.25) is 9.59 Å². The molecule has 0 aromatic carbocycles. The van der Waals surface area contributed by atoms with Crippen molar-refractivity contribution in [1.82, 2.24) is 0 Å². The van der Waals surface area contributed by atoms with Crippen LogP contribution in [0.3, 0.4) is 0 Å². The van der Waals surface area contributed by atoms with Gasteiger partial charge in [-0.15, -0.1) is 0 Å². The summed E-state index contributed by atoms with van der Waals surface area (Å²) in [6.45, 7) is 6.19. The van der Waals surface area contributed by atoms with Crippen LogP contribution in [0.2, 0.25) is 0 Å². The van der Waals surface area contributed by atoms with Gasteiger partial charge in [0.15, 0.2) is 0 Å². The molecule has 4 unspecified atom stereocenters. The van der Waals surface area contributed by atoms with Gasteiger partial charge < -0.3 is 9.84 Å². The molecular weight excluding hydrogens is 268 g/mol. The van der Waals surface area contributed by atoms with Gasteiger partial charge in [0, 0.05) is 6.42 Å². The lowest BCUT2D eigenvalue weighted by atomic mass is 9.77. The van der Waals surface area contributed by atoms with Crippen LogP contribution in [0.5, 0.6) is 0 Å². The maximum absolute atomic E-state index is 12.4. The number of hydrogen-bond donors (Lipinski definition) is 1. The minimum atomic E-state index is -0.678. The highest BCUT2D eigenvalue weighted by Crippen LogP contribution is 2.34. The second kappa shape index (κ2) is 6.91. The van der Waals surface area contributed by atoms with Gasteiger partial charge in [-0.05, 0) is 43.4 Å². The molecule has 0 spiro atoms. The molecular formula is C17H28O4. The molecule has 2 aliphatic rings. The van der Waals surface area contributed by atoms with E-state index in [-0.39, 0.29) is 30.2 Å². The smallest absolute Gasteiger partial charge is 0.317 e. The molecule has 0 radical (unpaired) electrons. The zero-order valence-corrected chi connectivity index (χ0v) is 13.4. The van der Waals surface area contributed by atoms with Crippen molar-refractivity contribution in [1.29, 1.82) is 0 Å². The van der Waals surface area contributed by atoms with Gasteiger partial charge in [0.1, 0.15) is 17.8 Å². The van der Waals surface area contributed by atoms with E-state index in [0.717, 1.165) is 19.3 Å². The molecule has 0 aromatic rings. The molecule has 0 aliphatic heterocycles. The highest BCUT2D eigenvalue weighted by Gasteiger charge is 2.41. The summed E-state index contributed by atoms with van der Waals surface area (Å²) in [5.74, 6) is -0.440. The van der Waals surface area contributed by atoms with Crippen LogP contribution in [0.25, 0.3) is 0 Å². The summed E-state index contributed by atoms with van der Waals surface area (Å²) in [5, 5.41) is 9.61. The molecule has 2 rings (SSSR count). The van der Waals surface area contributed by atoms with E-state index in [4.69, 9.17) is 4.74 Å². The fourth-order valence-electron chi connectivity index (χ4n) is 3.95. The molecule has 0 heterocycles. The molecule has 21 heavy (non-hydrogen) atoms. The van der Waals surface area contributed by atoms with Crippen LogP contribution in [0, 0.1) is 23.7 Å². The number of ether oxygens (including phenoxy) is 1. The van der Waals surface area contributed by atoms with E-state index in [1.54, 1.807) is 0 Å². The molecule has 2 aliphatic carbocycles. The molecule has 4 nitrogen and oxygen atoms in total. The van der Waals surface area contributed by atoms with Crippen molar-refractivity contribution in [2.24, 2.45) is 23.7 Å². The number of esters is 1. The van der Waals surface area contributed by atoms with E-state index in [2.05, 4.69) is 13.8 Å². The predicted molar refractivity (Wildman–Crippen MR) is 79.6 cm³/mol. The Morgan fingerprint density at radius 2 is 1.95 bits per heavy atom. The number of carbonyl (C=O) groups excluding carboxylic acids is 2. The third-order valence-corrected chi connectivity index (χ3v) is 5.13. The fourth-order valence-corrected chi connectivity index (χ4v) is 3.95. The minimum Gasteiger partial charge on any atom is -0.462 e. The molecule has 0 amide bonds. The van der Waals surface area contributed by atoms with E-state index >= 15 is 0 Å². The zero-order chi connectivity index (χ0) is 15.6. The van der Waals surface area contributed by atoms with Gasteiger partial charge in [-0.1, -0.05) is 27.2 Å². The summed E-state index contributed by atoms with van der Waals surface area (Å²) < 4.78 is 5.74. The molecule has 0 saturated heterocycles. The standard InChI is InChI=1S/C17H28O4/c1-10(2)13-6-4-5-7-15(13)21-17(20)16-11(3)8-12(18)9-14(16)19/h10-13,15-16,18H,4-9H2,1-3H3/t11-,12?,13?,15?,16?/m0/s1. The molecule has 0 bridgehead atoms. The Balaban J connectivity index is 2.01. The first-order valence-corrected chi connectivity index (χ1v) is 8.31. The van der Waals surface area contributed by atoms with Crippen LogP contribution < -0.4 is 0 Å². The third-order valence-electron chi connectivity index (χ3n) is 5.13. The van der Waals surface area contributed by atoms with Crippen molar-refractivity contribution < 1.29 is 19.4 Å². The number of aliphatic hydroxyl groups is 1. The number of carbonyl (C=O) groups is 2. The van der Waals surface area contributed by atoms with E-state index in [9.17, 15) is 14.7 Å². The Labute approximate surface area is 127 Å². The van der Waals surface area contributed by atoms with E-state index in [0.29, 0.717) is 18.3 Å². The molecule has 1 N–H and O–H groups in total. The molecule has 5 atom stereocenters. The first kappa shape index (κ1) is 16.5. The SMILES string of the molecule is CC(C)C1CCCCC1OC(=O)C1C(=O)CC(O)C[C@@H]1C. The lowest BCUT2D eigenvalue weighted by Crippen LogP contribution is -2.43. The Morgan fingerprint density at radius 3 is 2.57 bits per heavy atom. The quantitative estimate of drug-likeness (QED) is 0.642. The average molecular weight is 296 g/mol. The van der Waals surface area contributed by atoms with Crippen LogP contribution in [0.4, 0.5) is 0 Å². The Kier molecular flexibility index (Phi) is 5.42. The first-order chi connectivity index (χ1) is 9.90. The number of rotatable bonds is 3. The number of Topliss-reactive ketones (excluding diaryl/α,β-unsaturated/α-hetero) is 1. The van der Waals surface area contributed by atoms with Crippen LogP contribution in [-0.2, 0) is 14.3 Å². The summed E-state index contributed by atoms with van der Waals surface area (Å²) in [5.41, 5.74) is 0. The number of hydrogen-bond acceptors (Lipinski definition) is 4. The number of aliphatic hydroxyl groups excluding tert-OH is 1. The summed E-state index contributed by atoms with van der Waals surface area (Å²) in [7, 11) is 0. The third kappa shape index (κ3) is 3.85. The van der Waals surface area contributed by atoms with Crippen molar-refractivity contribution in [2.45, 2.75) is 71.5 Å². The Morgan fingerprint density at radius 1 is 1.29 bits per heavy atom. The Hall–Kier alpha value is -0.900. The van der Waals surface area contributed by atoms with Gasteiger partial charge in [-0.25, -0.2) is 0 Å². The van der Waals surface area contributed by atoms with Gasteiger partial charge in [0.05, 0.1) is 6.10 Å². The normalized spacial score (nSPS) is 37.6. The van der Waals surface area contributed by atoms with E-state index in [1.807, 2.05) is 6.92 Å². The van der Waals surface area contributed by atoms with E-state index < -0.39 is 12.0 Å². The Bertz CT molecular complexity index is 390. The zero-order valence-electron chi connectivity index (χ0n) is 13.4. The van der Waals surface area contributed by atoms with Crippen molar-refractivity contribution >= 4 is 11.8 Å². The molecule has 2 fully saturated rings. The van der Waals surface area contributed by atoms with Crippen LogP contribution in [-0.4, -0.2) is 29.1 Å². The van der Waals surface area contributed by atoms with Gasteiger partial charge in [-0.2, -0.15) is 0 Å². The maximum Gasteiger partial charge on any atom is 0.317 e. The predicted octanol–water partition coefficient (Wildman–Crippen LogP) is 2.72. The highest BCUT2D eigenvalue weighted by atomic mass is 16.5. The van der Waals surface area contributed by atoms with Crippen LogP contribution in [0.1, 0.15) is 59.3 Å². The lowest BCUT2D eigenvalue weighted by Gasteiger charge is -2.36. The summed E-state index contributed by atoms with van der Waals surface area (Å²) in [6.07, 6.45) is 4.24. The van der Waals surface area contributed by atoms with Crippen molar-refractivity contribution in [3.05, 3.63) is 0 Å². The van der Waals surface area contributed by atoms with Crippen LogP contribution >= 0.6 is 0 Å². The molecule has 120 valence electrons. The maximum atomic E-state index is 12.4. The summed E-state index contributed by atoms with van der Waals surface area (Å²) in [4.78, 5) is 24.5. The van der Waals surface area contributed by atoms with Gasteiger partial charge in [0.25, 0.3) is 0 Å². The second-order valence-electron chi connectivity index (χ2n) is 7.18. The fraction of sp³-hybridized carbons (Fsp3) is 0.882. The molecule has 0 aromatic heterocycles. The van der Waals surface area contributed by atoms with Crippen molar-refractivity contribution in [3.63, 3.8) is 0 Å². The second-order valence-corrected chi connectivity index (χ2v) is 7.18. The topological polar surface area (TPSA) is 63.6 Å². The largest absolute Gasteiger partial charge is 0.462 e. The summed E-state index contributed by atoms with van der Waals surface area (Å²) in [6, 6.07) is 0. The van der Waals surface area contributed by atoms with Crippen molar-refractivity contribution in [2.75, 3.05) is 0 Å². The molecule has 2 saturated carbocycles. The van der Waals surface area contributed by atoms with Gasteiger partial charge >= 0.3 is 5.97 Å². The van der Waals surface area contributed by atoms with Gasteiger partial charge in [0.2, 0.25) is 0 Å². The monoisotopic (exact) mass is 296 g/mol. The molecule has 4 heteroatoms. The minimum absolute atomic E-state index is 0.0434. The lowest BCUT2D eigenvalue weighted by molar-refractivity contribution is -0.166. The average Bonchev–Trinajstić information content (AvgIpc) is 2.37. The van der Waals surface area contributed by atoms with E-state index in [1.165, 1.54) is 6.42 Å². The first-order valence-electron chi connectivity index (χ1n) is 8.31. The highest BCUT2D eigenvalue weighted by molar-refractivity contribution is 6.00. The van der Waals surface area contributed by atoms with Crippen LogP contribution in [0.15, 0.2) is 0 Å².